The Balaban J connectivity index is 2.32. The van der Waals surface area contributed by atoms with Crippen LogP contribution >= 0.6 is 0 Å². The molecule has 0 amide bonds. The van der Waals surface area contributed by atoms with Gasteiger partial charge in [0.25, 0.3) is 5.82 Å². The summed E-state index contributed by atoms with van der Waals surface area (Å²) >= 11 is 0. The normalized spacial score (nSPS) is 9.85. The molecule has 0 fully saturated rings. The summed E-state index contributed by atoms with van der Waals surface area (Å²) in [7, 11) is 0. The summed E-state index contributed by atoms with van der Waals surface area (Å²) in [5.74, 6) is 1.26. The van der Waals surface area contributed by atoms with Crippen molar-refractivity contribution >= 4 is 0 Å². The second-order valence-corrected chi connectivity index (χ2v) is 3.07. The molecule has 0 saturated carbocycles. The molecular weight excluding hydrogens is 162 g/mol. The number of imidazole rings is 1. The van der Waals surface area contributed by atoms with E-state index in [9.17, 15) is 0 Å². The van der Waals surface area contributed by atoms with E-state index in [1.54, 1.807) is 0 Å². The van der Waals surface area contributed by atoms with E-state index in [1.165, 1.54) is 5.82 Å². The average Bonchev–Trinajstić information content (AvgIpc) is 2.60. The first-order chi connectivity index (χ1) is 6.38. The van der Waals surface area contributed by atoms with Gasteiger partial charge in [-0.2, -0.15) is 5.26 Å². The van der Waals surface area contributed by atoms with Crippen LogP contribution in [0.1, 0.15) is 32.0 Å². The van der Waals surface area contributed by atoms with E-state index in [0.717, 1.165) is 25.8 Å². The Kier molecular flexibility index (Phi) is 4.04. The average molecular weight is 178 g/mol. The summed E-state index contributed by atoms with van der Waals surface area (Å²) in [6, 6.07) is 2.16. The van der Waals surface area contributed by atoms with E-state index in [4.69, 9.17) is 5.26 Å². The van der Waals surface area contributed by atoms with Crippen molar-refractivity contribution in [1.82, 2.24) is 4.98 Å². The van der Waals surface area contributed by atoms with Crippen molar-refractivity contribution in [2.45, 2.75) is 39.2 Å². The number of hydrogen-bond donors (Lipinski definition) is 1. The van der Waals surface area contributed by atoms with Crippen LogP contribution in [0.4, 0.5) is 0 Å². The third kappa shape index (κ3) is 2.90. The van der Waals surface area contributed by atoms with Crippen LogP contribution in [-0.2, 0) is 13.0 Å². The Morgan fingerprint density at radius 3 is 3.08 bits per heavy atom. The molecule has 1 aromatic heterocycles. The molecule has 0 aliphatic rings. The summed E-state index contributed by atoms with van der Waals surface area (Å²) in [6.07, 6.45) is 7.81. The largest absolute Gasteiger partial charge is 0.253 e. The van der Waals surface area contributed by atoms with Crippen LogP contribution < -0.4 is 4.57 Å². The SMILES string of the molecule is CCc1[nH]cc[n+]1CCCCC#N. The summed E-state index contributed by atoms with van der Waals surface area (Å²) in [4.78, 5) is 3.19. The molecule has 3 heteroatoms. The Bertz CT molecular complexity index is 283. The lowest BCUT2D eigenvalue weighted by atomic mass is 10.2. The van der Waals surface area contributed by atoms with Crippen LogP contribution in [0, 0.1) is 11.3 Å². The van der Waals surface area contributed by atoms with Gasteiger partial charge in [0.15, 0.2) is 0 Å². The van der Waals surface area contributed by atoms with Gasteiger partial charge in [0.1, 0.15) is 12.4 Å². The maximum atomic E-state index is 8.36. The number of aryl methyl sites for hydroxylation is 2. The summed E-state index contributed by atoms with van der Waals surface area (Å²) in [5, 5.41) is 8.36. The molecule has 1 aromatic rings. The predicted molar refractivity (Wildman–Crippen MR) is 49.8 cm³/mol. The maximum absolute atomic E-state index is 8.36. The minimum Gasteiger partial charge on any atom is -0.248 e. The van der Waals surface area contributed by atoms with Gasteiger partial charge < -0.3 is 0 Å². The van der Waals surface area contributed by atoms with E-state index in [-0.39, 0.29) is 0 Å². The molecule has 0 atom stereocenters. The van der Waals surface area contributed by atoms with Crippen LogP contribution in [0.25, 0.3) is 0 Å². The third-order valence-corrected chi connectivity index (χ3v) is 2.12. The molecule has 0 unspecified atom stereocenters. The number of nitriles is 1. The molecule has 1 rings (SSSR count). The second-order valence-electron chi connectivity index (χ2n) is 3.07. The zero-order valence-corrected chi connectivity index (χ0v) is 8.08. The van der Waals surface area contributed by atoms with Crippen molar-refractivity contribution in [1.29, 1.82) is 5.26 Å². The lowest BCUT2D eigenvalue weighted by molar-refractivity contribution is -0.703. The standard InChI is InChI=1S/C10H15N3/c1-2-10-12-7-9-13(10)8-5-3-4-6-11/h7,9H,2-5,8H2,1H3/p+1. The molecule has 0 bridgehead atoms. The number of nitrogens with zero attached hydrogens (tertiary/aromatic N) is 2. The molecule has 70 valence electrons. The third-order valence-electron chi connectivity index (χ3n) is 2.12. The monoisotopic (exact) mass is 178 g/mol. The van der Waals surface area contributed by atoms with Crippen molar-refractivity contribution < 1.29 is 4.57 Å². The van der Waals surface area contributed by atoms with E-state index in [0.29, 0.717) is 6.42 Å². The zero-order valence-electron chi connectivity index (χ0n) is 8.08. The Labute approximate surface area is 79.0 Å². The first-order valence-corrected chi connectivity index (χ1v) is 4.81. The Hall–Kier alpha value is -1.30. The van der Waals surface area contributed by atoms with Crippen LogP contribution in [0.15, 0.2) is 12.4 Å². The highest BCUT2D eigenvalue weighted by atomic mass is 15.1. The van der Waals surface area contributed by atoms with Crippen LogP contribution in [0.5, 0.6) is 0 Å². The van der Waals surface area contributed by atoms with Gasteiger partial charge >= 0.3 is 0 Å². The fraction of sp³-hybridized carbons (Fsp3) is 0.600. The number of nitrogens with one attached hydrogen (secondary N) is 1. The van der Waals surface area contributed by atoms with Gasteiger partial charge in [-0.25, -0.2) is 9.55 Å². The molecule has 0 aliphatic carbocycles. The summed E-state index contributed by atoms with van der Waals surface area (Å²) < 4.78 is 2.22. The topological polar surface area (TPSA) is 43.5 Å². The first-order valence-electron chi connectivity index (χ1n) is 4.81. The minimum atomic E-state index is 0.673. The Morgan fingerprint density at radius 1 is 1.54 bits per heavy atom. The highest BCUT2D eigenvalue weighted by Crippen LogP contribution is 1.95. The number of unbranched alkanes of at least 4 members (excludes halogenated alkanes) is 2. The van der Waals surface area contributed by atoms with Crippen molar-refractivity contribution in [3.05, 3.63) is 18.2 Å². The molecule has 3 nitrogen and oxygen atoms in total. The highest BCUT2D eigenvalue weighted by molar-refractivity contribution is 4.75. The van der Waals surface area contributed by atoms with Crippen molar-refractivity contribution in [2.24, 2.45) is 0 Å². The molecule has 13 heavy (non-hydrogen) atoms. The fourth-order valence-electron chi connectivity index (χ4n) is 1.40. The summed E-state index contributed by atoms with van der Waals surface area (Å²) in [6.45, 7) is 3.16. The number of hydrogen-bond acceptors (Lipinski definition) is 1. The van der Waals surface area contributed by atoms with Gasteiger partial charge in [0, 0.05) is 12.8 Å². The van der Waals surface area contributed by atoms with Gasteiger partial charge in [0.2, 0.25) is 0 Å². The minimum absolute atomic E-state index is 0.673. The molecule has 1 heterocycles. The smallest absolute Gasteiger partial charge is 0.248 e. The molecule has 0 radical (unpaired) electrons. The van der Waals surface area contributed by atoms with Gasteiger partial charge in [-0.3, -0.25) is 0 Å². The lowest BCUT2D eigenvalue weighted by Crippen LogP contribution is -2.35. The van der Waals surface area contributed by atoms with Gasteiger partial charge in [-0.05, 0) is 12.8 Å². The maximum Gasteiger partial charge on any atom is 0.253 e. The fourth-order valence-corrected chi connectivity index (χ4v) is 1.40. The molecular formula is C10H16N3+. The lowest BCUT2D eigenvalue weighted by Gasteiger charge is -1.97. The van der Waals surface area contributed by atoms with Gasteiger partial charge in [-0.15, -0.1) is 0 Å². The Morgan fingerprint density at radius 2 is 2.38 bits per heavy atom. The van der Waals surface area contributed by atoms with Crippen LogP contribution in [0.2, 0.25) is 0 Å². The molecule has 0 saturated heterocycles. The number of rotatable bonds is 5. The van der Waals surface area contributed by atoms with Gasteiger partial charge in [0.05, 0.1) is 12.6 Å². The van der Waals surface area contributed by atoms with Crippen molar-refractivity contribution in [3.8, 4) is 6.07 Å². The predicted octanol–water partition coefficient (Wildman–Crippen LogP) is 1.56. The van der Waals surface area contributed by atoms with Crippen LogP contribution in [-0.4, -0.2) is 4.98 Å². The van der Waals surface area contributed by atoms with Crippen molar-refractivity contribution in [3.63, 3.8) is 0 Å². The first kappa shape index (κ1) is 9.79. The number of aromatic nitrogens is 2. The zero-order chi connectivity index (χ0) is 9.52. The van der Waals surface area contributed by atoms with E-state index in [1.807, 2.05) is 6.20 Å². The molecule has 0 spiro atoms. The van der Waals surface area contributed by atoms with E-state index in [2.05, 4.69) is 28.7 Å². The molecule has 0 aromatic carbocycles. The van der Waals surface area contributed by atoms with Gasteiger partial charge in [-0.1, -0.05) is 6.92 Å². The van der Waals surface area contributed by atoms with E-state index < -0.39 is 0 Å². The van der Waals surface area contributed by atoms with E-state index >= 15 is 0 Å². The molecule has 1 N–H and O–H groups in total. The quantitative estimate of drug-likeness (QED) is 0.539. The molecule has 0 aliphatic heterocycles. The number of aromatic amines is 1. The van der Waals surface area contributed by atoms with Crippen molar-refractivity contribution in [2.75, 3.05) is 0 Å². The highest BCUT2D eigenvalue weighted by Gasteiger charge is 2.06. The second kappa shape index (κ2) is 5.36. The van der Waals surface area contributed by atoms with Crippen LogP contribution in [0.3, 0.4) is 0 Å². The summed E-state index contributed by atoms with van der Waals surface area (Å²) in [5.41, 5.74) is 0. The number of H-pyrrole nitrogens is 1.